The van der Waals surface area contributed by atoms with Crippen LogP contribution in [0.1, 0.15) is 24.1 Å². The van der Waals surface area contributed by atoms with Crippen LogP contribution in [0.3, 0.4) is 0 Å². The number of methoxy groups -OCH3 is 1. The van der Waals surface area contributed by atoms with Gasteiger partial charge in [0, 0.05) is 35.5 Å². The van der Waals surface area contributed by atoms with Gasteiger partial charge in [-0.2, -0.15) is 0 Å². The van der Waals surface area contributed by atoms with Crippen LogP contribution >= 0.6 is 0 Å². The van der Waals surface area contributed by atoms with Gasteiger partial charge in [-0.05, 0) is 17.5 Å². The van der Waals surface area contributed by atoms with Crippen LogP contribution in [0, 0.1) is 0 Å². The lowest BCUT2D eigenvalue weighted by atomic mass is 10.1. The smallest absolute Gasteiger partial charge is 0.0577 e. The largest absolute Gasteiger partial charge is 0.384 e. The molecule has 0 aliphatic heterocycles. The van der Waals surface area contributed by atoms with E-state index in [4.69, 9.17) is 10.5 Å². The van der Waals surface area contributed by atoms with Gasteiger partial charge >= 0.3 is 0 Å². The van der Waals surface area contributed by atoms with Crippen LogP contribution < -0.4 is 5.73 Å². The van der Waals surface area contributed by atoms with Gasteiger partial charge in [-0.3, -0.25) is 4.21 Å². The number of benzene rings is 1. The maximum Gasteiger partial charge on any atom is 0.0577 e. The van der Waals surface area contributed by atoms with Crippen LogP contribution in [0.25, 0.3) is 0 Å². The van der Waals surface area contributed by atoms with Gasteiger partial charge in [0.25, 0.3) is 0 Å². The Bertz CT molecular complexity index is 351. The number of aryl methyl sites for hydroxylation is 1. The average molecular weight is 255 g/mol. The fraction of sp³-hybridized carbons (Fsp3) is 0.538. The molecular weight excluding hydrogens is 234 g/mol. The minimum atomic E-state index is -0.908. The van der Waals surface area contributed by atoms with Crippen LogP contribution in [-0.2, 0) is 22.0 Å². The van der Waals surface area contributed by atoms with Gasteiger partial charge < -0.3 is 10.5 Å². The van der Waals surface area contributed by atoms with E-state index in [2.05, 4.69) is 19.1 Å². The standard InChI is InChI=1S/C13H21NO2S/c1-3-11-4-6-12(7-5-11)13(14)10-17(15)9-8-16-2/h4-7,13H,3,8-10,14H2,1-2H3. The van der Waals surface area contributed by atoms with Gasteiger partial charge in [0.15, 0.2) is 0 Å². The number of ether oxygens (including phenoxy) is 1. The Balaban J connectivity index is 2.51. The highest BCUT2D eigenvalue weighted by Crippen LogP contribution is 2.13. The van der Waals surface area contributed by atoms with Gasteiger partial charge in [0.1, 0.15) is 0 Å². The van der Waals surface area contributed by atoms with E-state index in [1.165, 1.54) is 5.56 Å². The van der Waals surface area contributed by atoms with Gasteiger partial charge in [-0.25, -0.2) is 0 Å². The highest BCUT2D eigenvalue weighted by atomic mass is 32.2. The molecule has 1 aromatic rings. The fourth-order valence-electron chi connectivity index (χ4n) is 1.56. The maximum atomic E-state index is 11.7. The van der Waals surface area contributed by atoms with E-state index in [1.807, 2.05) is 12.1 Å². The molecule has 0 aliphatic rings. The molecule has 3 nitrogen and oxygen atoms in total. The first-order valence-corrected chi connectivity index (χ1v) is 7.34. The second-order valence-corrected chi connectivity index (χ2v) is 5.63. The predicted molar refractivity (Wildman–Crippen MR) is 72.5 cm³/mol. The third kappa shape index (κ3) is 4.98. The molecule has 0 fully saturated rings. The molecule has 0 heterocycles. The van der Waals surface area contributed by atoms with Gasteiger partial charge in [0.2, 0.25) is 0 Å². The van der Waals surface area contributed by atoms with Crippen molar-refractivity contribution in [1.29, 1.82) is 0 Å². The Hall–Kier alpha value is -0.710. The zero-order valence-electron chi connectivity index (χ0n) is 10.5. The summed E-state index contributed by atoms with van der Waals surface area (Å²) in [5, 5.41) is 0. The molecule has 1 aromatic carbocycles. The number of hydrogen-bond acceptors (Lipinski definition) is 3. The summed E-state index contributed by atoms with van der Waals surface area (Å²) in [6.07, 6.45) is 1.02. The molecule has 17 heavy (non-hydrogen) atoms. The van der Waals surface area contributed by atoms with Crippen molar-refractivity contribution in [3.8, 4) is 0 Å². The molecule has 0 aromatic heterocycles. The average Bonchev–Trinajstić information content (AvgIpc) is 2.36. The molecule has 96 valence electrons. The first-order valence-electron chi connectivity index (χ1n) is 5.85. The van der Waals surface area contributed by atoms with E-state index in [1.54, 1.807) is 7.11 Å². The Morgan fingerprint density at radius 3 is 2.53 bits per heavy atom. The normalized spacial score (nSPS) is 14.5. The van der Waals surface area contributed by atoms with E-state index in [0.717, 1.165) is 12.0 Å². The Morgan fingerprint density at radius 1 is 1.35 bits per heavy atom. The molecule has 0 radical (unpaired) electrons. The first-order chi connectivity index (χ1) is 8.17. The predicted octanol–water partition coefficient (Wildman–Crippen LogP) is 1.64. The van der Waals surface area contributed by atoms with E-state index in [0.29, 0.717) is 18.1 Å². The Labute approximate surface area is 106 Å². The minimum absolute atomic E-state index is 0.154. The van der Waals surface area contributed by atoms with Gasteiger partial charge in [-0.1, -0.05) is 31.2 Å². The molecule has 1 rings (SSSR count). The first kappa shape index (κ1) is 14.4. The number of hydrogen-bond donors (Lipinski definition) is 1. The van der Waals surface area contributed by atoms with Crippen LogP contribution in [0.2, 0.25) is 0 Å². The summed E-state index contributed by atoms with van der Waals surface area (Å²) in [7, 11) is 0.704. The Morgan fingerprint density at radius 2 is 2.00 bits per heavy atom. The van der Waals surface area contributed by atoms with Crippen molar-refractivity contribution in [1.82, 2.24) is 0 Å². The zero-order valence-corrected chi connectivity index (χ0v) is 11.3. The van der Waals surface area contributed by atoms with E-state index in [9.17, 15) is 4.21 Å². The topological polar surface area (TPSA) is 52.3 Å². The monoisotopic (exact) mass is 255 g/mol. The molecule has 4 heteroatoms. The van der Waals surface area contributed by atoms with E-state index >= 15 is 0 Å². The lowest BCUT2D eigenvalue weighted by Crippen LogP contribution is -2.20. The second-order valence-electron chi connectivity index (χ2n) is 4.01. The summed E-state index contributed by atoms with van der Waals surface area (Å²) in [6, 6.07) is 8.05. The molecular formula is C13H21NO2S. The summed E-state index contributed by atoms with van der Waals surface area (Å²) in [5.74, 6) is 1.05. The zero-order chi connectivity index (χ0) is 12.7. The van der Waals surface area contributed by atoms with Gasteiger partial charge in [0.05, 0.1) is 6.61 Å². The molecule has 2 atom stereocenters. The SMILES string of the molecule is CCc1ccc(C(N)CS(=O)CCOC)cc1. The van der Waals surface area contributed by atoms with Gasteiger partial charge in [-0.15, -0.1) is 0 Å². The highest BCUT2D eigenvalue weighted by molar-refractivity contribution is 7.85. The van der Waals surface area contributed by atoms with Crippen LogP contribution in [0.15, 0.2) is 24.3 Å². The molecule has 0 amide bonds. The summed E-state index contributed by atoms with van der Waals surface area (Å²) in [4.78, 5) is 0. The summed E-state index contributed by atoms with van der Waals surface area (Å²) >= 11 is 0. The van der Waals surface area contributed by atoms with Crippen molar-refractivity contribution >= 4 is 10.8 Å². The minimum Gasteiger partial charge on any atom is -0.384 e. The molecule has 0 aliphatic carbocycles. The lowest BCUT2D eigenvalue weighted by Gasteiger charge is -2.12. The van der Waals surface area contributed by atoms with Crippen LogP contribution in [-0.4, -0.2) is 29.4 Å². The second kappa shape index (κ2) is 7.58. The van der Waals surface area contributed by atoms with Crippen molar-refractivity contribution in [3.63, 3.8) is 0 Å². The molecule has 2 unspecified atom stereocenters. The molecule has 0 saturated heterocycles. The lowest BCUT2D eigenvalue weighted by molar-refractivity contribution is 0.218. The van der Waals surface area contributed by atoms with Crippen LogP contribution in [0.4, 0.5) is 0 Å². The number of nitrogens with two attached hydrogens (primary N) is 1. The quantitative estimate of drug-likeness (QED) is 0.806. The highest BCUT2D eigenvalue weighted by Gasteiger charge is 2.10. The Kier molecular flexibility index (Phi) is 6.40. The third-order valence-corrected chi connectivity index (χ3v) is 4.05. The molecule has 2 N–H and O–H groups in total. The van der Waals surface area contributed by atoms with E-state index < -0.39 is 10.8 Å². The molecule has 0 spiro atoms. The van der Waals surface area contributed by atoms with Crippen molar-refractivity contribution in [2.24, 2.45) is 5.73 Å². The molecule has 0 bridgehead atoms. The fourth-order valence-corrected chi connectivity index (χ4v) is 2.67. The molecule has 0 saturated carbocycles. The van der Waals surface area contributed by atoms with Crippen molar-refractivity contribution in [2.45, 2.75) is 19.4 Å². The van der Waals surface area contributed by atoms with Crippen molar-refractivity contribution in [2.75, 3.05) is 25.2 Å². The summed E-state index contributed by atoms with van der Waals surface area (Å²) < 4.78 is 16.6. The maximum absolute atomic E-state index is 11.7. The number of rotatable bonds is 7. The van der Waals surface area contributed by atoms with Crippen molar-refractivity contribution in [3.05, 3.63) is 35.4 Å². The van der Waals surface area contributed by atoms with E-state index in [-0.39, 0.29) is 6.04 Å². The summed E-state index contributed by atoms with van der Waals surface area (Å²) in [6.45, 7) is 2.64. The summed E-state index contributed by atoms with van der Waals surface area (Å²) in [5.41, 5.74) is 8.37. The van der Waals surface area contributed by atoms with Crippen LogP contribution in [0.5, 0.6) is 0 Å². The third-order valence-electron chi connectivity index (χ3n) is 2.70. The van der Waals surface area contributed by atoms with Crippen molar-refractivity contribution < 1.29 is 8.95 Å².